The zero-order chi connectivity index (χ0) is 19.1. The molecule has 4 heteroatoms. The van der Waals surface area contributed by atoms with E-state index in [4.69, 9.17) is 0 Å². The Balaban J connectivity index is 1.58. The monoisotopic (exact) mass is 359 g/mol. The van der Waals surface area contributed by atoms with Crippen molar-refractivity contribution in [2.45, 2.75) is 19.3 Å². The lowest BCUT2D eigenvalue weighted by atomic mass is 9.99. The molecule has 2 aromatic rings. The molecule has 3 rings (SSSR count). The summed E-state index contributed by atoms with van der Waals surface area (Å²) >= 11 is 0. The predicted molar refractivity (Wildman–Crippen MR) is 104 cm³/mol. The van der Waals surface area contributed by atoms with Crippen molar-refractivity contribution in [3.63, 3.8) is 0 Å². The summed E-state index contributed by atoms with van der Waals surface area (Å²) in [6, 6.07) is 18.4. The first-order valence-corrected chi connectivity index (χ1v) is 8.92. The molecule has 0 aliphatic carbocycles. The molecule has 0 radical (unpaired) electrons. The van der Waals surface area contributed by atoms with Crippen LogP contribution in [0.2, 0.25) is 0 Å². The minimum absolute atomic E-state index is 0.0228. The molecule has 0 amide bonds. The maximum absolute atomic E-state index is 12.5. The van der Waals surface area contributed by atoms with Gasteiger partial charge in [-0.25, -0.2) is 0 Å². The third-order valence-corrected chi connectivity index (χ3v) is 4.34. The highest BCUT2D eigenvalue weighted by molar-refractivity contribution is 6.08. The van der Waals surface area contributed by atoms with Crippen molar-refractivity contribution in [2.24, 2.45) is 0 Å². The fourth-order valence-electron chi connectivity index (χ4n) is 2.95. The van der Waals surface area contributed by atoms with Crippen molar-refractivity contribution >= 4 is 17.3 Å². The Hall–Kier alpha value is -3.27. The van der Waals surface area contributed by atoms with E-state index in [1.807, 2.05) is 54.6 Å². The molecule has 0 N–H and O–H groups in total. The van der Waals surface area contributed by atoms with Crippen molar-refractivity contribution < 1.29 is 14.4 Å². The molecule has 0 unspecified atom stereocenters. The Morgan fingerprint density at radius 3 is 2.22 bits per heavy atom. The van der Waals surface area contributed by atoms with Crippen molar-refractivity contribution in [3.8, 4) is 0 Å². The normalized spacial score (nSPS) is 13.2. The first-order chi connectivity index (χ1) is 13.1. The highest BCUT2D eigenvalue weighted by atomic mass is 16.1. The Morgan fingerprint density at radius 2 is 1.52 bits per heavy atom. The number of carbonyl (C=O) groups excluding carboxylic acids is 3. The Labute approximate surface area is 158 Å². The summed E-state index contributed by atoms with van der Waals surface area (Å²) in [5.41, 5.74) is 2.10. The molecule has 4 nitrogen and oxygen atoms in total. The molecular weight excluding hydrogens is 338 g/mol. The minimum atomic E-state index is -0.183. The molecule has 0 atom stereocenters. The molecule has 0 bridgehead atoms. The Kier molecular flexibility index (Phi) is 6.10. The minimum Gasteiger partial charge on any atom is -0.346 e. The Morgan fingerprint density at radius 1 is 0.852 bits per heavy atom. The van der Waals surface area contributed by atoms with E-state index in [9.17, 15) is 14.4 Å². The number of carbonyl (C=O) groups is 3. The van der Waals surface area contributed by atoms with Crippen LogP contribution in [-0.4, -0.2) is 28.8 Å². The average Bonchev–Trinajstić information content (AvgIpc) is 2.69. The number of ketones is 3. The number of rotatable bonds is 8. The predicted octanol–water partition coefficient (Wildman–Crippen LogP) is 3.74. The van der Waals surface area contributed by atoms with Gasteiger partial charge in [0.25, 0.3) is 0 Å². The van der Waals surface area contributed by atoms with Gasteiger partial charge in [0.2, 0.25) is 0 Å². The summed E-state index contributed by atoms with van der Waals surface area (Å²) in [6.07, 6.45) is 5.93. The van der Waals surface area contributed by atoms with Gasteiger partial charge < -0.3 is 4.90 Å². The van der Waals surface area contributed by atoms with Crippen molar-refractivity contribution in [2.75, 3.05) is 6.54 Å². The van der Waals surface area contributed by atoms with Gasteiger partial charge in [-0.2, -0.15) is 0 Å². The van der Waals surface area contributed by atoms with Crippen molar-refractivity contribution in [1.29, 1.82) is 0 Å². The number of benzene rings is 2. The van der Waals surface area contributed by atoms with Gasteiger partial charge >= 0.3 is 0 Å². The summed E-state index contributed by atoms with van der Waals surface area (Å²) in [5.74, 6) is -0.309. The van der Waals surface area contributed by atoms with Crippen LogP contribution in [0.4, 0.5) is 0 Å². The molecule has 136 valence electrons. The van der Waals surface area contributed by atoms with Crippen LogP contribution in [0.15, 0.2) is 84.7 Å². The maximum atomic E-state index is 12.5. The fourth-order valence-corrected chi connectivity index (χ4v) is 2.95. The summed E-state index contributed by atoms with van der Waals surface area (Å²) in [4.78, 5) is 38.7. The van der Waals surface area contributed by atoms with Crippen LogP contribution < -0.4 is 0 Å². The van der Waals surface area contributed by atoms with Gasteiger partial charge in [0.1, 0.15) is 5.78 Å². The zero-order valence-electron chi connectivity index (χ0n) is 15.0. The number of Topliss-reactive ketones (excluding diaryl/α,β-unsaturated/α-hetero) is 3. The molecule has 0 saturated heterocycles. The van der Waals surface area contributed by atoms with E-state index < -0.39 is 0 Å². The average molecular weight is 359 g/mol. The Bertz CT molecular complexity index is 882. The van der Waals surface area contributed by atoms with Crippen molar-refractivity contribution in [1.82, 2.24) is 4.90 Å². The smallest absolute Gasteiger partial charge is 0.182 e. The topological polar surface area (TPSA) is 54.5 Å². The van der Waals surface area contributed by atoms with Gasteiger partial charge in [-0.3, -0.25) is 14.4 Å². The molecule has 1 aliphatic heterocycles. The SMILES string of the molecule is O=C(CC(=O)C1=CN(CC(=O)c2ccccc2)C=CC1)Cc1ccccc1. The van der Waals surface area contributed by atoms with Crippen LogP contribution in [0.3, 0.4) is 0 Å². The molecular formula is C23H21NO3. The highest BCUT2D eigenvalue weighted by Crippen LogP contribution is 2.16. The van der Waals surface area contributed by atoms with E-state index in [0.717, 1.165) is 5.56 Å². The quantitative estimate of drug-likeness (QED) is 0.532. The molecule has 0 saturated carbocycles. The van der Waals surface area contributed by atoms with Gasteiger partial charge in [-0.05, 0) is 12.0 Å². The lowest BCUT2D eigenvalue weighted by molar-refractivity contribution is -0.124. The summed E-state index contributed by atoms with van der Waals surface area (Å²) < 4.78 is 0. The second-order valence-electron chi connectivity index (χ2n) is 6.51. The first kappa shape index (κ1) is 18.5. The van der Waals surface area contributed by atoms with Crippen LogP contribution in [-0.2, 0) is 16.0 Å². The molecule has 27 heavy (non-hydrogen) atoms. The van der Waals surface area contributed by atoms with E-state index in [1.54, 1.807) is 29.4 Å². The number of nitrogens with zero attached hydrogens (tertiary/aromatic N) is 1. The first-order valence-electron chi connectivity index (χ1n) is 8.92. The van der Waals surface area contributed by atoms with E-state index in [0.29, 0.717) is 17.6 Å². The van der Waals surface area contributed by atoms with Gasteiger partial charge in [0, 0.05) is 30.0 Å². The maximum Gasteiger partial charge on any atom is 0.182 e. The number of hydrogen-bond acceptors (Lipinski definition) is 4. The third-order valence-electron chi connectivity index (χ3n) is 4.34. The summed E-state index contributed by atoms with van der Waals surface area (Å²) in [6.45, 7) is 0.162. The summed E-state index contributed by atoms with van der Waals surface area (Å²) in [7, 11) is 0. The molecule has 0 spiro atoms. The zero-order valence-corrected chi connectivity index (χ0v) is 15.0. The van der Waals surface area contributed by atoms with Crippen LogP contribution in [0.5, 0.6) is 0 Å². The van der Waals surface area contributed by atoms with E-state index in [-0.39, 0.29) is 36.7 Å². The van der Waals surface area contributed by atoms with E-state index in [1.165, 1.54) is 0 Å². The second kappa shape index (κ2) is 8.90. The molecule has 1 heterocycles. The molecule has 0 fully saturated rings. The van der Waals surface area contributed by atoms with Crippen molar-refractivity contribution in [3.05, 3.63) is 95.8 Å². The van der Waals surface area contributed by atoms with E-state index in [2.05, 4.69) is 0 Å². The summed E-state index contributed by atoms with van der Waals surface area (Å²) in [5, 5.41) is 0. The lowest BCUT2D eigenvalue weighted by Crippen LogP contribution is -2.24. The number of allylic oxidation sites excluding steroid dienone is 2. The lowest BCUT2D eigenvalue weighted by Gasteiger charge is -2.20. The van der Waals surface area contributed by atoms with Gasteiger partial charge in [-0.15, -0.1) is 0 Å². The standard InChI is InChI=1S/C23H21NO3/c25-21(14-18-8-3-1-4-9-18)15-22(26)20-12-7-13-24(16-20)17-23(27)19-10-5-2-6-11-19/h1-11,13,16H,12,14-15,17H2. The highest BCUT2D eigenvalue weighted by Gasteiger charge is 2.18. The second-order valence-corrected chi connectivity index (χ2v) is 6.51. The van der Waals surface area contributed by atoms with Gasteiger partial charge in [0.15, 0.2) is 11.6 Å². The molecule has 2 aromatic carbocycles. The van der Waals surface area contributed by atoms with Crippen LogP contribution in [0, 0.1) is 0 Å². The van der Waals surface area contributed by atoms with Crippen LogP contribution in [0.1, 0.15) is 28.8 Å². The van der Waals surface area contributed by atoms with Crippen LogP contribution >= 0.6 is 0 Å². The molecule has 1 aliphatic rings. The largest absolute Gasteiger partial charge is 0.346 e. The van der Waals surface area contributed by atoms with Gasteiger partial charge in [-0.1, -0.05) is 66.7 Å². The molecule has 0 aromatic heterocycles. The third kappa shape index (κ3) is 5.35. The number of hydrogen-bond donors (Lipinski definition) is 0. The van der Waals surface area contributed by atoms with Gasteiger partial charge in [0.05, 0.1) is 13.0 Å². The fraction of sp³-hybridized carbons (Fsp3) is 0.174. The van der Waals surface area contributed by atoms with Crippen LogP contribution in [0.25, 0.3) is 0 Å². The van der Waals surface area contributed by atoms with E-state index >= 15 is 0 Å².